The second kappa shape index (κ2) is 5.74. The lowest BCUT2D eigenvalue weighted by molar-refractivity contribution is 0.232. The van der Waals surface area contributed by atoms with Crippen LogP contribution in [0.15, 0.2) is 47.1 Å². The minimum atomic E-state index is 0.334. The molecule has 0 amide bonds. The molecule has 0 N–H and O–H groups in total. The van der Waals surface area contributed by atoms with E-state index in [2.05, 4.69) is 31.0 Å². The summed E-state index contributed by atoms with van der Waals surface area (Å²) >= 11 is 0. The van der Waals surface area contributed by atoms with E-state index in [4.69, 9.17) is 9.15 Å². The van der Waals surface area contributed by atoms with Gasteiger partial charge in [0.2, 0.25) is 0 Å². The number of hydrogen-bond acceptors (Lipinski definition) is 3. The molecule has 0 unspecified atom stereocenters. The van der Waals surface area contributed by atoms with Crippen LogP contribution in [0.5, 0.6) is 5.75 Å². The first-order chi connectivity index (χ1) is 8.70. The number of hydrogen-bond donors (Lipinski definition) is 0. The van der Waals surface area contributed by atoms with Gasteiger partial charge in [-0.1, -0.05) is 12.1 Å². The molecule has 2 aromatic rings. The van der Waals surface area contributed by atoms with E-state index >= 15 is 0 Å². The largest absolute Gasteiger partial charge is 0.497 e. The number of ether oxygens (including phenoxy) is 1. The van der Waals surface area contributed by atoms with Crippen LogP contribution in [0.3, 0.4) is 0 Å². The second-order valence-corrected chi connectivity index (χ2v) is 4.44. The van der Waals surface area contributed by atoms with E-state index in [1.807, 2.05) is 24.3 Å². The Hall–Kier alpha value is -1.74. The predicted octanol–water partition coefficient (Wildman–Crippen LogP) is 3.48. The van der Waals surface area contributed by atoms with Gasteiger partial charge < -0.3 is 9.15 Å². The minimum Gasteiger partial charge on any atom is -0.497 e. The van der Waals surface area contributed by atoms with Crippen LogP contribution in [0.25, 0.3) is 0 Å². The number of nitrogens with zero attached hydrogens (tertiary/aromatic N) is 1. The van der Waals surface area contributed by atoms with E-state index in [0.29, 0.717) is 6.04 Å². The van der Waals surface area contributed by atoms with Crippen LogP contribution in [0.2, 0.25) is 0 Å². The molecule has 1 atom stereocenters. The fourth-order valence-corrected chi connectivity index (χ4v) is 1.92. The summed E-state index contributed by atoms with van der Waals surface area (Å²) in [6.45, 7) is 2.99. The van der Waals surface area contributed by atoms with Gasteiger partial charge in [0.1, 0.15) is 11.5 Å². The fraction of sp³-hybridized carbons (Fsp3) is 0.333. The second-order valence-electron chi connectivity index (χ2n) is 4.44. The molecule has 1 aromatic carbocycles. The van der Waals surface area contributed by atoms with E-state index in [9.17, 15) is 0 Å². The Morgan fingerprint density at radius 1 is 1.22 bits per heavy atom. The molecule has 18 heavy (non-hydrogen) atoms. The third kappa shape index (κ3) is 2.93. The average Bonchev–Trinajstić information content (AvgIpc) is 2.91. The van der Waals surface area contributed by atoms with Gasteiger partial charge in [-0.25, -0.2) is 0 Å². The number of benzene rings is 1. The molecule has 0 spiro atoms. The van der Waals surface area contributed by atoms with Crippen molar-refractivity contribution in [3.8, 4) is 5.75 Å². The van der Waals surface area contributed by atoms with Gasteiger partial charge in [-0.15, -0.1) is 0 Å². The molecule has 2 rings (SSSR count). The Morgan fingerprint density at radius 3 is 2.50 bits per heavy atom. The van der Waals surface area contributed by atoms with Crippen LogP contribution in [-0.2, 0) is 6.54 Å². The normalized spacial score (nSPS) is 12.7. The zero-order chi connectivity index (χ0) is 13.0. The maximum Gasteiger partial charge on any atom is 0.118 e. The Balaban J connectivity index is 2.02. The van der Waals surface area contributed by atoms with Gasteiger partial charge in [-0.3, -0.25) is 4.90 Å². The first kappa shape index (κ1) is 12.7. The van der Waals surface area contributed by atoms with Crippen molar-refractivity contribution >= 4 is 0 Å². The molecule has 96 valence electrons. The number of furan rings is 1. The van der Waals surface area contributed by atoms with E-state index in [-0.39, 0.29) is 0 Å². The zero-order valence-corrected chi connectivity index (χ0v) is 11.1. The highest BCUT2D eigenvalue weighted by atomic mass is 16.5. The molecular weight excluding hydrogens is 226 g/mol. The van der Waals surface area contributed by atoms with Gasteiger partial charge >= 0.3 is 0 Å². The smallest absolute Gasteiger partial charge is 0.118 e. The van der Waals surface area contributed by atoms with Gasteiger partial charge in [0.15, 0.2) is 0 Å². The molecule has 3 heteroatoms. The SMILES string of the molecule is COc1ccc([C@H](C)N(C)Cc2ccco2)cc1. The lowest BCUT2D eigenvalue weighted by Crippen LogP contribution is -2.21. The molecule has 1 heterocycles. The molecule has 0 aliphatic rings. The summed E-state index contributed by atoms with van der Waals surface area (Å²) in [7, 11) is 3.78. The minimum absolute atomic E-state index is 0.334. The van der Waals surface area contributed by atoms with Gasteiger partial charge in [-0.2, -0.15) is 0 Å². The standard InChI is InChI=1S/C15H19NO2/c1-12(13-6-8-14(17-3)9-7-13)16(2)11-15-5-4-10-18-15/h4-10,12H,11H2,1-3H3/t12-/m0/s1. The summed E-state index contributed by atoms with van der Waals surface area (Å²) in [6.07, 6.45) is 1.71. The molecule has 0 aliphatic carbocycles. The lowest BCUT2D eigenvalue weighted by atomic mass is 10.1. The molecule has 0 fully saturated rings. The molecule has 0 radical (unpaired) electrons. The first-order valence-electron chi connectivity index (χ1n) is 6.07. The maximum atomic E-state index is 5.37. The summed E-state index contributed by atoms with van der Waals surface area (Å²) in [4.78, 5) is 2.25. The monoisotopic (exact) mass is 245 g/mol. The third-order valence-electron chi connectivity index (χ3n) is 3.24. The van der Waals surface area contributed by atoms with Crippen molar-refractivity contribution in [3.05, 3.63) is 54.0 Å². The molecular formula is C15H19NO2. The number of rotatable bonds is 5. The summed E-state index contributed by atoms with van der Waals surface area (Å²) < 4.78 is 10.5. The van der Waals surface area contributed by atoms with E-state index in [1.54, 1.807) is 13.4 Å². The lowest BCUT2D eigenvalue weighted by Gasteiger charge is -2.24. The van der Waals surface area contributed by atoms with Crippen molar-refractivity contribution in [3.63, 3.8) is 0 Å². The fourth-order valence-electron chi connectivity index (χ4n) is 1.92. The van der Waals surface area contributed by atoms with Crippen LogP contribution < -0.4 is 4.74 Å². The Labute approximate surface area is 108 Å². The first-order valence-corrected chi connectivity index (χ1v) is 6.07. The topological polar surface area (TPSA) is 25.6 Å². The van der Waals surface area contributed by atoms with Gasteiger partial charge in [-0.05, 0) is 43.8 Å². The Bertz CT molecular complexity index is 462. The summed E-state index contributed by atoms with van der Waals surface area (Å²) in [5.74, 6) is 1.87. The van der Waals surface area contributed by atoms with Crippen LogP contribution in [0.4, 0.5) is 0 Å². The van der Waals surface area contributed by atoms with Crippen LogP contribution in [-0.4, -0.2) is 19.1 Å². The van der Waals surface area contributed by atoms with Crippen molar-refractivity contribution in [2.24, 2.45) is 0 Å². The van der Waals surface area contributed by atoms with Crippen LogP contribution >= 0.6 is 0 Å². The van der Waals surface area contributed by atoms with Crippen molar-refractivity contribution in [1.82, 2.24) is 4.90 Å². The summed E-state index contributed by atoms with van der Waals surface area (Å²) in [6, 6.07) is 12.4. The third-order valence-corrected chi connectivity index (χ3v) is 3.24. The molecule has 1 aromatic heterocycles. The number of methoxy groups -OCH3 is 1. The Morgan fingerprint density at radius 2 is 1.94 bits per heavy atom. The van der Waals surface area contributed by atoms with E-state index in [0.717, 1.165) is 18.1 Å². The van der Waals surface area contributed by atoms with Gasteiger partial charge in [0.05, 0.1) is 19.9 Å². The zero-order valence-electron chi connectivity index (χ0n) is 11.1. The van der Waals surface area contributed by atoms with Crippen LogP contribution in [0, 0.1) is 0 Å². The molecule has 0 saturated heterocycles. The highest BCUT2D eigenvalue weighted by Crippen LogP contribution is 2.22. The van der Waals surface area contributed by atoms with Gasteiger partial charge in [0.25, 0.3) is 0 Å². The van der Waals surface area contributed by atoms with Crippen molar-refractivity contribution in [1.29, 1.82) is 0 Å². The van der Waals surface area contributed by atoms with Crippen molar-refractivity contribution in [2.45, 2.75) is 19.5 Å². The predicted molar refractivity (Wildman–Crippen MR) is 71.6 cm³/mol. The summed E-state index contributed by atoms with van der Waals surface area (Å²) in [5, 5.41) is 0. The maximum absolute atomic E-state index is 5.37. The molecule has 0 bridgehead atoms. The summed E-state index contributed by atoms with van der Waals surface area (Å²) in [5.41, 5.74) is 1.27. The van der Waals surface area contributed by atoms with Crippen molar-refractivity contribution in [2.75, 3.05) is 14.2 Å². The highest BCUT2D eigenvalue weighted by molar-refractivity contribution is 5.28. The average molecular weight is 245 g/mol. The quantitative estimate of drug-likeness (QED) is 0.806. The molecule has 0 aliphatic heterocycles. The van der Waals surface area contributed by atoms with Crippen LogP contribution in [0.1, 0.15) is 24.3 Å². The van der Waals surface area contributed by atoms with E-state index in [1.165, 1.54) is 5.56 Å². The highest BCUT2D eigenvalue weighted by Gasteiger charge is 2.13. The van der Waals surface area contributed by atoms with Gasteiger partial charge in [0, 0.05) is 6.04 Å². The molecule has 0 saturated carbocycles. The Kier molecular flexibility index (Phi) is 4.05. The van der Waals surface area contributed by atoms with Crippen molar-refractivity contribution < 1.29 is 9.15 Å². The van der Waals surface area contributed by atoms with E-state index < -0.39 is 0 Å². The molecule has 3 nitrogen and oxygen atoms in total.